The van der Waals surface area contributed by atoms with Crippen LogP contribution in [0.3, 0.4) is 0 Å². The summed E-state index contributed by atoms with van der Waals surface area (Å²) in [7, 11) is 0. The Hall–Kier alpha value is -1.96. The Kier molecular flexibility index (Phi) is 5.48. The molecule has 0 spiro atoms. The molecule has 0 aliphatic heterocycles. The third-order valence-electron chi connectivity index (χ3n) is 3.51. The SMILES string of the molecule is CCCCN(CCc1ccccc1)c1ccc(O)cc1. The van der Waals surface area contributed by atoms with E-state index >= 15 is 0 Å². The molecule has 2 nitrogen and oxygen atoms in total. The quantitative estimate of drug-likeness (QED) is 0.812. The first-order valence-corrected chi connectivity index (χ1v) is 7.37. The topological polar surface area (TPSA) is 23.5 Å². The van der Waals surface area contributed by atoms with Crippen molar-refractivity contribution in [2.75, 3.05) is 18.0 Å². The zero-order valence-corrected chi connectivity index (χ0v) is 12.1. The van der Waals surface area contributed by atoms with Crippen LogP contribution >= 0.6 is 0 Å². The van der Waals surface area contributed by atoms with Gasteiger partial charge >= 0.3 is 0 Å². The van der Waals surface area contributed by atoms with Crippen LogP contribution in [0.2, 0.25) is 0 Å². The van der Waals surface area contributed by atoms with Gasteiger partial charge in [-0.1, -0.05) is 43.7 Å². The molecule has 20 heavy (non-hydrogen) atoms. The lowest BCUT2D eigenvalue weighted by Crippen LogP contribution is -2.26. The van der Waals surface area contributed by atoms with E-state index in [2.05, 4.69) is 42.2 Å². The highest BCUT2D eigenvalue weighted by Gasteiger charge is 2.06. The van der Waals surface area contributed by atoms with Crippen LogP contribution in [0, 0.1) is 0 Å². The van der Waals surface area contributed by atoms with Gasteiger partial charge in [-0.3, -0.25) is 0 Å². The van der Waals surface area contributed by atoms with Crippen molar-refractivity contribution in [2.24, 2.45) is 0 Å². The van der Waals surface area contributed by atoms with Gasteiger partial charge in [0.2, 0.25) is 0 Å². The molecule has 0 heterocycles. The van der Waals surface area contributed by atoms with Gasteiger partial charge in [0, 0.05) is 18.8 Å². The van der Waals surface area contributed by atoms with Crippen LogP contribution in [0.4, 0.5) is 5.69 Å². The summed E-state index contributed by atoms with van der Waals surface area (Å²) in [5, 5.41) is 9.40. The number of hydrogen-bond acceptors (Lipinski definition) is 2. The van der Waals surface area contributed by atoms with E-state index in [1.165, 1.54) is 24.1 Å². The second-order valence-corrected chi connectivity index (χ2v) is 5.09. The van der Waals surface area contributed by atoms with Crippen molar-refractivity contribution in [1.29, 1.82) is 0 Å². The van der Waals surface area contributed by atoms with Gasteiger partial charge in [0.25, 0.3) is 0 Å². The molecule has 0 amide bonds. The van der Waals surface area contributed by atoms with E-state index in [0.717, 1.165) is 19.5 Å². The van der Waals surface area contributed by atoms with Crippen LogP contribution in [-0.2, 0) is 6.42 Å². The summed E-state index contributed by atoms with van der Waals surface area (Å²) in [4.78, 5) is 2.40. The highest BCUT2D eigenvalue weighted by atomic mass is 16.3. The Morgan fingerprint density at radius 1 is 0.900 bits per heavy atom. The smallest absolute Gasteiger partial charge is 0.115 e. The maximum Gasteiger partial charge on any atom is 0.115 e. The molecule has 0 fully saturated rings. The van der Waals surface area contributed by atoms with Crippen molar-refractivity contribution in [3.05, 3.63) is 60.2 Å². The lowest BCUT2D eigenvalue weighted by molar-refractivity contribution is 0.475. The molecule has 0 saturated carbocycles. The largest absolute Gasteiger partial charge is 0.508 e. The minimum atomic E-state index is 0.326. The minimum Gasteiger partial charge on any atom is -0.508 e. The van der Waals surface area contributed by atoms with E-state index in [1.54, 1.807) is 12.1 Å². The maximum atomic E-state index is 9.40. The predicted molar refractivity (Wildman–Crippen MR) is 85.4 cm³/mol. The first kappa shape index (κ1) is 14.4. The average Bonchev–Trinajstić information content (AvgIpc) is 2.50. The summed E-state index contributed by atoms with van der Waals surface area (Å²) in [5.74, 6) is 0.326. The molecule has 1 N–H and O–H groups in total. The molecule has 2 heteroatoms. The molecule has 0 atom stereocenters. The molecule has 0 radical (unpaired) electrons. The Labute approximate surface area is 121 Å². The van der Waals surface area contributed by atoms with Gasteiger partial charge in [0.15, 0.2) is 0 Å². The van der Waals surface area contributed by atoms with E-state index in [9.17, 15) is 5.11 Å². The molecule has 0 aromatic heterocycles. The molecule has 106 valence electrons. The van der Waals surface area contributed by atoms with Gasteiger partial charge in [-0.05, 0) is 42.7 Å². The van der Waals surface area contributed by atoms with E-state index < -0.39 is 0 Å². The number of phenolic OH excluding ortho intramolecular Hbond substituents is 1. The lowest BCUT2D eigenvalue weighted by Gasteiger charge is -2.25. The highest BCUT2D eigenvalue weighted by Crippen LogP contribution is 2.19. The molecule has 0 aliphatic carbocycles. The van der Waals surface area contributed by atoms with Crippen LogP contribution in [0.25, 0.3) is 0 Å². The summed E-state index contributed by atoms with van der Waals surface area (Å²) in [6.07, 6.45) is 3.43. The highest BCUT2D eigenvalue weighted by molar-refractivity contribution is 5.48. The second kappa shape index (κ2) is 7.59. The number of hydrogen-bond donors (Lipinski definition) is 1. The first-order valence-electron chi connectivity index (χ1n) is 7.37. The molecule has 0 bridgehead atoms. The first-order chi connectivity index (χ1) is 9.79. The summed E-state index contributed by atoms with van der Waals surface area (Å²) in [6, 6.07) is 18.1. The maximum absolute atomic E-state index is 9.40. The summed E-state index contributed by atoms with van der Waals surface area (Å²) < 4.78 is 0. The monoisotopic (exact) mass is 269 g/mol. The zero-order chi connectivity index (χ0) is 14.2. The number of nitrogens with zero attached hydrogens (tertiary/aromatic N) is 1. The van der Waals surface area contributed by atoms with Crippen molar-refractivity contribution in [1.82, 2.24) is 0 Å². The van der Waals surface area contributed by atoms with Gasteiger partial charge < -0.3 is 10.0 Å². The van der Waals surface area contributed by atoms with Crippen LogP contribution in [0.1, 0.15) is 25.3 Å². The van der Waals surface area contributed by atoms with Crippen molar-refractivity contribution < 1.29 is 5.11 Å². The van der Waals surface area contributed by atoms with Crippen LogP contribution in [-0.4, -0.2) is 18.2 Å². The Morgan fingerprint density at radius 3 is 2.25 bits per heavy atom. The average molecular weight is 269 g/mol. The zero-order valence-electron chi connectivity index (χ0n) is 12.1. The lowest BCUT2D eigenvalue weighted by atomic mass is 10.1. The fourth-order valence-electron chi connectivity index (χ4n) is 2.29. The molecular formula is C18H23NO. The van der Waals surface area contributed by atoms with E-state index in [0.29, 0.717) is 5.75 Å². The van der Waals surface area contributed by atoms with Crippen molar-refractivity contribution in [3.63, 3.8) is 0 Å². The number of phenols is 1. The van der Waals surface area contributed by atoms with Crippen molar-refractivity contribution >= 4 is 5.69 Å². The van der Waals surface area contributed by atoms with Crippen LogP contribution < -0.4 is 4.90 Å². The number of aromatic hydroxyl groups is 1. The molecule has 0 saturated heterocycles. The standard InChI is InChI=1S/C18H23NO/c1-2-3-14-19(17-9-11-18(20)12-10-17)15-13-16-7-5-4-6-8-16/h4-12,20H,2-3,13-15H2,1H3. The van der Waals surface area contributed by atoms with E-state index in [-0.39, 0.29) is 0 Å². The fourth-order valence-corrected chi connectivity index (χ4v) is 2.29. The summed E-state index contributed by atoms with van der Waals surface area (Å²) >= 11 is 0. The second-order valence-electron chi connectivity index (χ2n) is 5.09. The Balaban J connectivity index is 2.01. The van der Waals surface area contributed by atoms with Gasteiger partial charge in [-0.15, -0.1) is 0 Å². The predicted octanol–water partition coefficient (Wildman–Crippen LogP) is 4.24. The molecular weight excluding hydrogens is 246 g/mol. The minimum absolute atomic E-state index is 0.326. The van der Waals surface area contributed by atoms with Gasteiger partial charge in [-0.25, -0.2) is 0 Å². The normalized spacial score (nSPS) is 10.4. The van der Waals surface area contributed by atoms with Crippen LogP contribution in [0.15, 0.2) is 54.6 Å². The van der Waals surface area contributed by atoms with Gasteiger partial charge in [0.05, 0.1) is 0 Å². The fraction of sp³-hybridized carbons (Fsp3) is 0.333. The Bertz CT molecular complexity index is 493. The third-order valence-corrected chi connectivity index (χ3v) is 3.51. The number of unbranched alkanes of at least 4 members (excludes halogenated alkanes) is 1. The summed E-state index contributed by atoms with van der Waals surface area (Å²) in [6.45, 7) is 4.29. The third kappa shape index (κ3) is 4.30. The van der Waals surface area contributed by atoms with E-state index in [4.69, 9.17) is 0 Å². The molecule has 2 aromatic rings. The number of anilines is 1. The molecule has 2 aromatic carbocycles. The van der Waals surface area contributed by atoms with Crippen molar-refractivity contribution in [2.45, 2.75) is 26.2 Å². The van der Waals surface area contributed by atoms with Crippen molar-refractivity contribution in [3.8, 4) is 5.75 Å². The van der Waals surface area contributed by atoms with E-state index in [1.807, 2.05) is 12.1 Å². The number of rotatable bonds is 7. The van der Waals surface area contributed by atoms with Gasteiger partial charge in [0.1, 0.15) is 5.75 Å². The molecule has 0 aliphatic rings. The number of benzene rings is 2. The molecule has 2 rings (SSSR count). The molecule has 0 unspecified atom stereocenters. The van der Waals surface area contributed by atoms with Crippen LogP contribution in [0.5, 0.6) is 5.75 Å². The Morgan fingerprint density at radius 2 is 1.60 bits per heavy atom. The summed E-state index contributed by atoms with van der Waals surface area (Å²) in [5.41, 5.74) is 2.56. The van der Waals surface area contributed by atoms with Gasteiger partial charge in [-0.2, -0.15) is 0 Å².